The van der Waals surface area contributed by atoms with E-state index in [2.05, 4.69) is 52.8 Å². The molecule has 0 saturated carbocycles. The fraction of sp³-hybridized carbons (Fsp3) is 0.500. The van der Waals surface area contributed by atoms with Gasteiger partial charge in [0.2, 0.25) is 0 Å². The highest BCUT2D eigenvalue weighted by atomic mass is 15.2. The number of hydrogen-bond acceptors (Lipinski definition) is 3. The van der Waals surface area contributed by atoms with Crippen LogP contribution in [0.1, 0.15) is 25.8 Å². The summed E-state index contributed by atoms with van der Waals surface area (Å²) in [7, 11) is 0. The highest BCUT2D eigenvalue weighted by Crippen LogP contribution is 2.39. The van der Waals surface area contributed by atoms with Crippen LogP contribution in [0.2, 0.25) is 0 Å². The summed E-state index contributed by atoms with van der Waals surface area (Å²) in [6.07, 6.45) is 3.25. The summed E-state index contributed by atoms with van der Waals surface area (Å²) in [5.74, 6) is 0.470. The number of hydrogen-bond donors (Lipinski definition) is 1. The van der Waals surface area contributed by atoms with E-state index >= 15 is 0 Å². The highest BCUT2D eigenvalue weighted by Gasteiger charge is 2.40. The van der Waals surface area contributed by atoms with Gasteiger partial charge in [-0.15, -0.1) is 0 Å². The van der Waals surface area contributed by atoms with E-state index in [1.807, 2.05) is 13.8 Å². The molecular formula is C18H23N3. The normalized spacial score (nSPS) is 25.7. The largest absolute Gasteiger partial charge is 0.387 e. The summed E-state index contributed by atoms with van der Waals surface area (Å²) >= 11 is 0. The molecule has 1 N–H and O–H groups in total. The molecule has 1 aromatic rings. The third-order valence-corrected chi connectivity index (χ3v) is 4.80. The second-order valence-electron chi connectivity index (χ2n) is 6.73. The Morgan fingerprint density at radius 2 is 2.10 bits per heavy atom. The quantitative estimate of drug-likeness (QED) is 0.926. The summed E-state index contributed by atoms with van der Waals surface area (Å²) in [5.41, 5.74) is 2.27. The fourth-order valence-electron chi connectivity index (χ4n) is 3.53. The van der Waals surface area contributed by atoms with Crippen molar-refractivity contribution in [2.75, 3.05) is 13.1 Å². The van der Waals surface area contributed by atoms with Crippen molar-refractivity contribution in [1.82, 2.24) is 10.2 Å². The zero-order valence-corrected chi connectivity index (χ0v) is 12.8. The van der Waals surface area contributed by atoms with Crippen molar-refractivity contribution >= 4 is 0 Å². The maximum absolute atomic E-state index is 9.41. The van der Waals surface area contributed by atoms with Gasteiger partial charge in [-0.2, -0.15) is 5.26 Å². The van der Waals surface area contributed by atoms with Crippen LogP contribution in [0.3, 0.4) is 0 Å². The van der Waals surface area contributed by atoms with E-state index in [-0.39, 0.29) is 5.41 Å². The SMILES string of the molecule is CC(C)(C#N)C1=CNC2CCN(Cc3ccccc3)CC12. The average molecular weight is 281 g/mol. The molecule has 1 fully saturated rings. The lowest BCUT2D eigenvalue weighted by Gasteiger charge is -2.38. The molecule has 0 amide bonds. The van der Waals surface area contributed by atoms with E-state index in [9.17, 15) is 5.26 Å². The van der Waals surface area contributed by atoms with Crippen LogP contribution < -0.4 is 5.32 Å². The molecule has 2 aliphatic heterocycles. The second kappa shape index (κ2) is 5.54. The Bertz CT molecular complexity index is 568. The molecule has 1 saturated heterocycles. The Labute approximate surface area is 127 Å². The Balaban J connectivity index is 1.71. The number of nitriles is 1. The number of nitrogens with zero attached hydrogens (tertiary/aromatic N) is 2. The number of benzene rings is 1. The molecule has 0 bridgehead atoms. The molecule has 2 aliphatic rings. The minimum absolute atomic E-state index is 0.373. The van der Waals surface area contributed by atoms with Gasteiger partial charge in [-0.25, -0.2) is 0 Å². The summed E-state index contributed by atoms with van der Waals surface area (Å²) < 4.78 is 0. The molecule has 21 heavy (non-hydrogen) atoms. The zero-order chi connectivity index (χ0) is 14.9. The first-order chi connectivity index (χ1) is 10.1. The first-order valence-electron chi connectivity index (χ1n) is 7.74. The third-order valence-electron chi connectivity index (χ3n) is 4.80. The lowest BCUT2D eigenvalue weighted by molar-refractivity contribution is 0.158. The van der Waals surface area contributed by atoms with Gasteiger partial charge >= 0.3 is 0 Å². The Kier molecular flexibility index (Phi) is 3.73. The fourth-order valence-corrected chi connectivity index (χ4v) is 3.53. The van der Waals surface area contributed by atoms with Crippen LogP contribution in [0.25, 0.3) is 0 Å². The number of likely N-dealkylation sites (tertiary alicyclic amines) is 1. The second-order valence-corrected chi connectivity index (χ2v) is 6.73. The monoisotopic (exact) mass is 281 g/mol. The first kappa shape index (κ1) is 14.2. The first-order valence-corrected chi connectivity index (χ1v) is 7.74. The van der Waals surface area contributed by atoms with E-state index in [0.29, 0.717) is 12.0 Å². The predicted octanol–water partition coefficient (Wildman–Crippen LogP) is 2.91. The van der Waals surface area contributed by atoms with Crippen LogP contribution in [-0.2, 0) is 6.54 Å². The molecule has 0 radical (unpaired) electrons. The van der Waals surface area contributed by atoms with Crippen LogP contribution in [0.5, 0.6) is 0 Å². The highest BCUT2D eigenvalue weighted by molar-refractivity contribution is 5.29. The molecule has 2 unspecified atom stereocenters. The van der Waals surface area contributed by atoms with Crippen LogP contribution >= 0.6 is 0 Å². The van der Waals surface area contributed by atoms with Gasteiger partial charge in [0.1, 0.15) is 0 Å². The number of rotatable bonds is 3. The van der Waals surface area contributed by atoms with Crippen molar-refractivity contribution in [2.45, 2.75) is 32.9 Å². The standard InChI is InChI=1S/C18H23N3/c1-18(2,13-19)16-10-20-17-8-9-21(12-15(16)17)11-14-6-4-3-5-7-14/h3-7,10,15,17,20H,8-9,11-12H2,1-2H3. The minimum Gasteiger partial charge on any atom is -0.387 e. The van der Waals surface area contributed by atoms with E-state index < -0.39 is 0 Å². The van der Waals surface area contributed by atoms with Gasteiger partial charge in [0, 0.05) is 31.6 Å². The third kappa shape index (κ3) is 2.82. The topological polar surface area (TPSA) is 39.1 Å². The molecule has 2 atom stereocenters. The van der Waals surface area contributed by atoms with Crippen molar-refractivity contribution in [3.8, 4) is 6.07 Å². The molecule has 3 heteroatoms. The number of piperidine rings is 1. The van der Waals surface area contributed by atoms with Crippen molar-refractivity contribution < 1.29 is 0 Å². The van der Waals surface area contributed by atoms with Gasteiger partial charge < -0.3 is 5.32 Å². The predicted molar refractivity (Wildman–Crippen MR) is 84.2 cm³/mol. The van der Waals surface area contributed by atoms with Gasteiger partial charge in [0.15, 0.2) is 0 Å². The van der Waals surface area contributed by atoms with Gasteiger partial charge in [0.05, 0.1) is 11.5 Å². The van der Waals surface area contributed by atoms with Crippen molar-refractivity contribution in [3.63, 3.8) is 0 Å². The van der Waals surface area contributed by atoms with E-state index in [1.54, 1.807) is 0 Å². The van der Waals surface area contributed by atoms with Gasteiger partial charge in [-0.05, 0) is 37.6 Å². The minimum atomic E-state index is -0.373. The molecule has 0 aromatic heterocycles. The zero-order valence-electron chi connectivity index (χ0n) is 12.8. The van der Waals surface area contributed by atoms with Crippen LogP contribution in [-0.4, -0.2) is 24.0 Å². The maximum atomic E-state index is 9.41. The molecular weight excluding hydrogens is 258 g/mol. The summed E-state index contributed by atoms with van der Waals surface area (Å²) in [5, 5.41) is 12.9. The molecule has 3 rings (SSSR count). The molecule has 110 valence electrons. The van der Waals surface area contributed by atoms with Gasteiger partial charge in [0.25, 0.3) is 0 Å². The van der Waals surface area contributed by atoms with E-state index in [1.165, 1.54) is 11.1 Å². The van der Waals surface area contributed by atoms with Crippen molar-refractivity contribution in [2.24, 2.45) is 11.3 Å². The average Bonchev–Trinajstić information content (AvgIpc) is 2.92. The van der Waals surface area contributed by atoms with E-state index in [0.717, 1.165) is 26.1 Å². The lowest BCUT2D eigenvalue weighted by Crippen LogP contribution is -2.46. The molecule has 3 nitrogen and oxygen atoms in total. The molecule has 2 heterocycles. The smallest absolute Gasteiger partial charge is 0.0747 e. The van der Waals surface area contributed by atoms with Gasteiger partial charge in [-0.1, -0.05) is 30.3 Å². The summed E-state index contributed by atoms with van der Waals surface area (Å²) in [6, 6.07) is 13.6. The Hall–Kier alpha value is -1.79. The molecule has 1 aromatic carbocycles. The van der Waals surface area contributed by atoms with Crippen molar-refractivity contribution in [1.29, 1.82) is 5.26 Å². The Morgan fingerprint density at radius 1 is 1.33 bits per heavy atom. The van der Waals surface area contributed by atoms with Gasteiger partial charge in [-0.3, -0.25) is 4.90 Å². The maximum Gasteiger partial charge on any atom is 0.0747 e. The molecule has 0 aliphatic carbocycles. The van der Waals surface area contributed by atoms with Crippen LogP contribution in [0.15, 0.2) is 42.1 Å². The summed E-state index contributed by atoms with van der Waals surface area (Å²) in [6.45, 7) is 7.23. The van der Waals surface area contributed by atoms with Crippen LogP contribution in [0.4, 0.5) is 0 Å². The number of nitrogens with one attached hydrogen (secondary N) is 1. The lowest BCUT2D eigenvalue weighted by atomic mass is 9.76. The molecule has 0 spiro atoms. The summed E-state index contributed by atoms with van der Waals surface area (Å²) in [4.78, 5) is 2.52. The number of fused-ring (bicyclic) bond motifs is 1. The Morgan fingerprint density at radius 3 is 2.81 bits per heavy atom. The van der Waals surface area contributed by atoms with E-state index in [4.69, 9.17) is 0 Å². The van der Waals surface area contributed by atoms with Crippen LogP contribution in [0, 0.1) is 22.7 Å². The van der Waals surface area contributed by atoms with Crippen molar-refractivity contribution in [3.05, 3.63) is 47.7 Å².